The summed E-state index contributed by atoms with van der Waals surface area (Å²) in [5, 5.41) is 9.31. The van der Waals surface area contributed by atoms with Gasteiger partial charge in [-0.15, -0.1) is 0 Å². The monoisotopic (exact) mass is 280 g/mol. The Kier molecular flexibility index (Phi) is 2.93. The molecule has 0 saturated heterocycles. The van der Waals surface area contributed by atoms with E-state index >= 15 is 0 Å². The number of hydrogen-bond donors (Lipinski definition) is 1. The molecule has 3 heteroatoms. The molecule has 0 aliphatic carbocycles. The maximum absolute atomic E-state index is 12.9. The van der Waals surface area contributed by atoms with Gasteiger partial charge in [-0.3, -0.25) is 0 Å². The fraction of sp³-hybridized carbons (Fsp3) is 0.333. The standard InChI is InChI=1S/C9H10FIO/c1-5(2)7-3-6(11)4-8(10)9(7)12/h3-5,12H,1-2H3. The molecule has 0 amide bonds. The van der Waals surface area contributed by atoms with Gasteiger partial charge in [-0.05, 0) is 40.6 Å². The van der Waals surface area contributed by atoms with E-state index in [0.717, 1.165) is 3.57 Å². The number of phenolic OH excluding ortho intramolecular Hbond substituents is 1. The van der Waals surface area contributed by atoms with Crippen molar-refractivity contribution < 1.29 is 9.50 Å². The second-order valence-corrected chi connectivity index (χ2v) is 4.23. The van der Waals surface area contributed by atoms with E-state index in [-0.39, 0.29) is 11.7 Å². The van der Waals surface area contributed by atoms with Crippen molar-refractivity contribution in [3.8, 4) is 5.75 Å². The molecule has 0 bridgehead atoms. The van der Waals surface area contributed by atoms with Gasteiger partial charge in [-0.25, -0.2) is 4.39 Å². The zero-order valence-corrected chi connectivity index (χ0v) is 9.09. The number of phenols is 1. The zero-order chi connectivity index (χ0) is 9.30. The molecule has 12 heavy (non-hydrogen) atoms. The fourth-order valence-electron chi connectivity index (χ4n) is 1.03. The van der Waals surface area contributed by atoms with Crippen LogP contribution in [-0.4, -0.2) is 5.11 Å². The van der Waals surface area contributed by atoms with Gasteiger partial charge in [0.2, 0.25) is 0 Å². The van der Waals surface area contributed by atoms with E-state index < -0.39 is 5.82 Å². The lowest BCUT2D eigenvalue weighted by Gasteiger charge is -2.08. The molecule has 1 aromatic carbocycles. The van der Waals surface area contributed by atoms with Crippen molar-refractivity contribution in [3.05, 3.63) is 27.1 Å². The van der Waals surface area contributed by atoms with Gasteiger partial charge in [-0.2, -0.15) is 0 Å². The SMILES string of the molecule is CC(C)c1cc(I)cc(F)c1O. The van der Waals surface area contributed by atoms with E-state index in [4.69, 9.17) is 0 Å². The summed E-state index contributed by atoms with van der Waals surface area (Å²) in [6.07, 6.45) is 0. The molecule has 1 nitrogen and oxygen atoms in total. The third-order valence-corrected chi connectivity index (χ3v) is 2.30. The molecule has 0 aromatic heterocycles. The highest BCUT2D eigenvalue weighted by atomic mass is 127. The van der Waals surface area contributed by atoms with Crippen molar-refractivity contribution in [2.45, 2.75) is 19.8 Å². The van der Waals surface area contributed by atoms with Gasteiger partial charge >= 0.3 is 0 Å². The average Bonchev–Trinajstić information content (AvgIpc) is 1.96. The molecular weight excluding hydrogens is 270 g/mol. The second-order valence-electron chi connectivity index (χ2n) is 2.98. The Morgan fingerprint density at radius 2 is 2.00 bits per heavy atom. The predicted octanol–water partition coefficient (Wildman–Crippen LogP) is 3.26. The van der Waals surface area contributed by atoms with Gasteiger partial charge in [0.05, 0.1) is 0 Å². The van der Waals surface area contributed by atoms with Gasteiger partial charge < -0.3 is 5.11 Å². The van der Waals surface area contributed by atoms with Crippen LogP contribution in [0, 0.1) is 9.39 Å². The summed E-state index contributed by atoms with van der Waals surface area (Å²) in [4.78, 5) is 0. The second kappa shape index (κ2) is 3.60. The van der Waals surface area contributed by atoms with Crippen molar-refractivity contribution in [2.24, 2.45) is 0 Å². The maximum Gasteiger partial charge on any atom is 0.166 e. The van der Waals surface area contributed by atoms with Crippen LogP contribution < -0.4 is 0 Å². The minimum Gasteiger partial charge on any atom is -0.505 e. The largest absolute Gasteiger partial charge is 0.505 e. The van der Waals surface area contributed by atoms with Gasteiger partial charge in [-0.1, -0.05) is 13.8 Å². The summed E-state index contributed by atoms with van der Waals surface area (Å²) >= 11 is 2.03. The van der Waals surface area contributed by atoms with E-state index in [1.54, 1.807) is 6.07 Å². The molecule has 1 rings (SSSR count). The fourth-order valence-corrected chi connectivity index (χ4v) is 1.63. The van der Waals surface area contributed by atoms with Crippen LogP contribution in [0.1, 0.15) is 25.3 Å². The Labute approximate surface area is 84.7 Å². The Balaban J connectivity index is 3.28. The summed E-state index contributed by atoms with van der Waals surface area (Å²) in [5.74, 6) is -0.606. The Morgan fingerprint density at radius 1 is 1.42 bits per heavy atom. The number of halogens is 2. The van der Waals surface area contributed by atoms with E-state index in [0.29, 0.717) is 5.56 Å². The van der Waals surface area contributed by atoms with Crippen LogP contribution in [0.2, 0.25) is 0 Å². The lowest BCUT2D eigenvalue weighted by Crippen LogP contribution is -1.92. The first-order valence-corrected chi connectivity index (χ1v) is 4.78. The van der Waals surface area contributed by atoms with E-state index in [1.807, 2.05) is 36.4 Å². The third kappa shape index (κ3) is 1.88. The molecule has 0 heterocycles. The highest BCUT2D eigenvalue weighted by molar-refractivity contribution is 14.1. The number of hydrogen-bond acceptors (Lipinski definition) is 1. The van der Waals surface area contributed by atoms with Crippen LogP contribution in [0.3, 0.4) is 0 Å². The normalized spacial score (nSPS) is 10.8. The van der Waals surface area contributed by atoms with Crippen LogP contribution in [0.4, 0.5) is 4.39 Å². The van der Waals surface area contributed by atoms with E-state index in [2.05, 4.69) is 0 Å². The molecule has 66 valence electrons. The Morgan fingerprint density at radius 3 is 2.50 bits per heavy atom. The van der Waals surface area contributed by atoms with Crippen molar-refractivity contribution in [3.63, 3.8) is 0 Å². The molecule has 1 aromatic rings. The highest BCUT2D eigenvalue weighted by Crippen LogP contribution is 2.29. The summed E-state index contributed by atoms with van der Waals surface area (Å²) in [6, 6.07) is 3.12. The van der Waals surface area contributed by atoms with Crippen LogP contribution in [0.5, 0.6) is 5.75 Å². The third-order valence-electron chi connectivity index (χ3n) is 1.68. The molecule has 0 fully saturated rings. The van der Waals surface area contributed by atoms with Crippen LogP contribution in [-0.2, 0) is 0 Å². The summed E-state index contributed by atoms with van der Waals surface area (Å²) < 4.78 is 13.8. The summed E-state index contributed by atoms with van der Waals surface area (Å²) in [5.41, 5.74) is 0.666. The van der Waals surface area contributed by atoms with Gasteiger partial charge in [0.25, 0.3) is 0 Å². The van der Waals surface area contributed by atoms with Crippen molar-refractivity contribution >= 4 is 22.6 Å². The molecular formula is C9H10FIO. The minimum absolute atomic E-state index is 0.147. The summed E-state index contributed by atoms with van der Waals surface area (Å²) in [7, 11) is 0. The quantitative estimate of drug-likeness (QED) is 0.783. The molecule has 0 unspecified atom stereocenters. The lowest BCUT2D eigenvalue weighted by atomic mass is 10.0. The minimum atomic E-state index is -0.536. The maximum atomic E-state index is 12.9. The smallest absolute Gasteiger partial charge is 0.166 e. The zero-order valence-electron chi connectivity index (χ0n) is 6.94. The highest BCUT2D eigenvalue weighted by Gasteiger charge is 2.11. The Bertz CT molecular complexity index is 297. The number of rotatable bonds is 1. The van der Waals surface area contributed by atoms with Gasteiger partial charge in [0.15, 0.2) is 11.6 Å². The molecule has 0 spiro atoms. The molecule has 0 radical (unpaired) electrons. The number of benzene rings is 1. The average molecular weight is 280 g/mol. The molecule has 0 atom stereocenters. The predicted molar refractivity (Wildman–Crippen MR) is 54.9 cm³/mol. The van der Waals surface area contributed by atoms with Crippen molar-refractivity contribution in [1.82, 2.24) is 0 Å². The van der Waals surface area contributed by atoms with Gasteiger partial charge in [0.1, 0.15) is 0 Å². The van der Waals surface area contributed by atoms with E-state index in [9.17, 15) is 9.50 Å². The van der Waals surface area contributed by atoms with Crippen LogP contribution >= 0.6 is 22.6 Å². The van der Waals surface area contributed by atoms with E-state index in [1.165, 1.54) is 6.07 Å². The van der Waals surface area contributed by atoms with Crippen molar-refractivity contribution in [2.75, 3.05) is 0 Å². The van der Waals surface area contributed by atoms with Crippen LogP contribution in [0.25, 0.3) is 0 Å². The first-order chi connectivity index (χ1) is 5.52. The van der Waals surface area contributed by atoms with Crippen molar-refractivity contribution in [1.29, 1.82) is 0 Å². The number of aromatic hydroxyl groups is 1. The summed E-state index contributed by atoms with van der Waals surface area (Å²) in [6.45, 7) is 3.84. The Hall–Kier alpha value is -0.320. The topological polar surface area (TPSA) is 20.2 Å². The molecule has 0 aliphatic heterocycles. The van der Waals surface area contributed by atoms with Crippen LogP contribution in [0.15, 0.2) is 12.1 Å². The molecule has 1 N–H and O–H groups in total. The van der Waals surface area contributed by atoms with Gasteiger partial charge in [0, 0.05) is 9.13 Å². The first-order valence-electron chi connectivity index (χ1n) is 3.70. The first kappa shape index (κ1) is 9.77. The molecule has 0 aliphatic rings. The lowest BCUT2D eigenvalue weighted by molar-refractivity contribution is 0.422. The molecule has 0 saturated carbocycles.